The Balaban J connectivity index is 1.51. The third-order valence-corrected chi connectivity index (χ3v) is 5.62. The summed E-state index contributed by atoms with van der Waals surface area (Å²) < 4.78 is 39.4. The number of carbonyl (C=O) groups is 1. The first-order valence-electron chi connectivity index (χ1n) is 10.1. The molecule has 0 bridgehead atoms. The third kappa shape index (κ3) is 4.44. The summed E-state index contributed by atoms with van der Waals surface area (Å²) in [6, 6.07) is 1.03. The van der Waals surface area contributed by atoms with Crippen molar-refractivity contribution in [2.75, 3.05) is 37.2 Å². The Morgan fingerprint density at radius 1 is 1.25 bits per heavy atom. The lowest BCUT2D eigenvalue weighted by Gasteiger charge is -2.31. The van der Waals surface area contributed by atoms with Gasteiger partial charge >= 0.3 is 6.18 Å². The van der Waals surface area contributed by atoms with E-state index >= 15 is 0 Å². The van der Waals surface area contributed by atoms with Crippen molar-refractivity contribution in [3.8, 4) is 11.3 Å². The summed E-state index contributed by atoms with van der Waals surface area (Å²) >= 11 is 0. The minimum atomic E-state index is -4.51. The topological polar surface area (TPSA) is 139 Å². The Bertz CT molecular complexity index is 1120. The number of alkyl halides is 3. The number of halogens is 3. The van der Waals surface area contributed by atoms with Gasteiger partial charge < -0.3 is 26.7 Å². The molecule has 1 fully saturated rings. The highest BCUT2D eigenvalue weighted by Crippen LogP contribution is 2.35. The van der Waals surface area contributed by atoms with Crippen LogP contribution in [0.5, 0.6) is 0 Å². The molecule has 170 valence electrons. The Hall–Kier alpha value is -3.41. The molecule has 6 N–H and O–H groups in total. The Kier molecular flexibility index (Phi) is 5.87. The van der Waals surface area contributed by atoms with Crippen molar-refractivity contribution >= 4 is 28.6 Å². The maximum Gasteiger partial charge on any atom is 0.417 e. The van der Waals surface area contributed by atoms with Gasteiger partial charge in [-0.15, -0.1) is 0 Å². The van der Waals surface area contributed by atoms with E-state index in [9.17, 15) is 18.0 Å². The zero-order valence-corrected chi connectivity index (χ0v) is 17.1. The van der Waals surface area contributed by atoms with Gasteiger partial charge in [-0.3, -0.25) is 4.79 Å². The summed E-state index contributed by atoms with van der Waals surface area (Å²) in [5, 5.41) is 3.45. The number of nitrogens with two attached hydrogens (primary N) is 2. The number of aromatic nitrogens is 4. The molecule has 1 amide bonds. The van der Waals surface area contributed by atoms with Crippen molar-refractivity contribution in [3.05, 3.63) is 30.2 Å². The molecule has 0 aromatic carbocycles. The van der Waals surface area contributed by atoms with Crippen molar-refractivity contribution in [2.45, 2.75) is 19.0 Å². The Morgan fingerprint density at radius 3 is 2.69 bits per heavy atom. The molecule has 0 atom stereocenters. The number of pyridine rings is 1. The second-order valence-electron chi connectivity index (χ2n) is 7.73. The molecule has 12 heteroatoms. The maximum atomic E-state index is 13.1. The van der Waals surface area contributed by atoms with Crippen LogP contribution < -0.4 is 16.8 Å². The van der Waals surface area contributed by atoms with Crippen LogP contribution in [0.4, 0.5) is 24.8 Å². The van der Waals surface area contributed by atoms with Gasteiger partial charge in [-0.1, -0.05) is 0 Å². The molecular weight excluding hydrogens is 425 g/mol. The number of H-pyrrole nitrogens is 1. The van der Waals surface area contributed by atoms with Gasteiger partial charge in [0.2, 0.25) is 11.9 Å². The molecule has 32 heavy (non-hydrogen) atoms. The van der Waals surface area contributed by atoms with E-state index in [1.807, 2.05) is 0 Å². The monoisotopic (exact) mass is 448 g/mol. The highest BCUT2D eigenvalue weighted by atomic mass is 19.4. The molecule has 0 unspecified atom stereocenters. The first-order valence-corrected chi connectivity index (χ1v) is 10.1. The van der Waals surface area contributed by atoms with Crippen LogP contribution in [0.2, 0.25) is 0 Å². The van der Waals surface area contributed by atoms with Crippen molar-refractivity contribution in [1.82, 2.24) is 24.8 Å². The van der Waals surface area contributed by atoms with E-state index in [-0.39, 0.29) is 23.5 Å². The van der Waals surface area contributed by atoms with Gasteiger partial charge in [0.15, 0.2) is 0 Å². The van der Waals surface area contributed by atoms with E-state index in [0.29, 0.717) is 48.4 Å². The van der Waals surface area contributed by atoms with Crippen LogP contribution in [0.15, 0.2) is 24.7 Å². The van der Waals surface area contributed by atoms with Crippen molar-refractivity contribution in [1.29, 1.82) is 0 Å². The van der Waals surface area contributed by atoms with Gasteiger partial charge in [0, 0.05) is 43.0 Å². The lowest BCUT2D eigenvalue weighted by molar-refractivity contribution is -0.137. The summed E-state index contributed by atoms with van der Waals surface area (Å²) in [6.45, 7) is 1.92. The molecule has 4 rings (SSSR count). The minimum Gasteiger partial charge on any atom is -0.396 e. The molecule has 0 radical (unpaired) electrons. The molecule has 1 aliphatic rings. The predicted molar refractivity (Wildman–Crippen MR) is 113 cm³/mol. The number of likely N-dealkylation sites (tertiary alicyclic amines) is 1. The quantitative estimate of drug-likeness (QED) is 0.469. The number of hydrogen-bond donors (Lipinski definition) is 4. The number of nitrogens with zero attached hydrogens (tertiary/aromatic N) is 4. The van der Waals surface area contributed by atoms with Crippen LogP contribution in [0, 0.1) is 5.92 Å². The summed E-state index contributed by atoms with van der Waals surface area (Å²) in [5.74, 6) is 0.599. The second-order valence-corrected chi connectivity index (χ2v) is 7.73. The van der Waals surface area contributed by atoms with Crippen LogP contribution in [0.25, 0.3) is 22.3 Å². The first kappa shape index (κ1) is 21.8. The van der Waals surface area contributed by atoms with E-state index in [4.69, 9.17) is 11.5 Å². The van der Waals surface area contributed by atoms with Crippen LogP contribution in [-0.2, 0) is 11.0 Å². The number of rotatable bonds is 5. The van der Waals surface area contributed by atoms with E-state index in [2.05, 4.69) is 25.3 Å². The molecule has 0 aliphatic carbocycles. The SMILES string of the molecule is NCC(=O)N1CCC(CNc2ncc(N)c(-c3c[nH]c4ncc(C(F)(F)F)cc34)n2)CC1. The predicted octanol–water partition coefficient (Wildman–Crippen LogP) is 2.23. The van der Waals surface area contributed by atoms with Crippen LogP contribution >= 0.6 is 0 Å². The van der Waals surface area contributed by atoms with E-state index in [1.165, 1.54) is 12.4 Å². The lowest BCUT2D eigenvalue weighted by Crippen LogP contribution is -2.42. The highest BCUT2D eigenvalue weighted by molar-refractivity contribution is 5.95. The van der Waals surface area contributed by atoms with Crippen molar-refractivity contribution < 1.29 is 18.0 Å². The number of fused-ring (bicyclic) bond motifs is 1. The molecule has 9 nitrogen and oxygen atoms in total. The fourth-order valence-electron chi connectivity index (χ4n) is 3.80. The number of anilines is 2. The summed E-state index contributed by atoms with van der Waals surface area (Å²) in [4.78, 5) is 28.8. The number of nitrogen functional groups attached to an aromatic ring is 1. The Labute approximate surface area is 181 Å². The van der Waals surface area contributed by atoms with Crippen molar-refractivity contribution in [3.63, 3.8) is 0 Å². The van der Waals surface area contributed by atoms with Crippen LogP contribution in [0.1, 0.15) is 18.4 Å². The normalized spacial score (nSPS) is 15.3. The molecule has 0 saturated carbocycles. The summed E-state index contributed by atoms with van der Waals surface area (Å²) in [7, 11) is 0. The molecule has 1 aliphatic heterocycles. The van der Waals surface area contributed by atoms with Gasteiger partial charge in [0.05, 0.1) is 24.0 Å². The molecule has 3 aromatic rings. The average molecular weight is 448 g/mol. The number of amides is 1. The maximum absolute atomic E-state index is 13.1. The zero-order chi connectivity index (χ0) is 22.9. The average Bonchev–Trinajstić information content (AvgIpc) is 3.21. The smallest absolute Gasteiger partial charge is 0.396 e. The second kappa shape index (κ2) is 8.61. The number of carbonyl (C=O) groups excluding carboxylic acids is 1. The van der Waals surface area contributed by atoms with Gasteiger partial charge in [0.1, 0.15) is 11.3 Å². The van der Waals surface area contributed by atoms with Crippen molar-refractivity contribution in [2.24, 2.45) is 11.7 Å². The standard InChI is InChI=1S/C20H23F3N8O/c21-20(22,23)12-5-13-14(9-27-18(13)26-8-12)17-15(25)10-29-19(30-17)28-7-11-1-3-31(4-2-11)16(32)6-24/h5,8-11H,1-4,6-7,24-25H2,(H,26,27)(H,28,29,30). The molecule has 0 spiro atoms. The molecular formula is C20H23F3N8O. The molecule has 1 saturated heterocycles. The van der Waals surface area contributed by atoms with Crippen LogP contribution in [0.3, 0.4) is 0 Å². The van der Waals surface area contributed by atoms with Gasteiger partial charge in [-0.25, -0.2) is 15.0 Å². The number of hydrogen-bond acceptors (Lipinski definition) is 7. The molecule has 4 heterocycles. The van der Waals surface area contributed by atoms with Crippen LogP contribution in [-0.4, -0.2) is 56.9 Å². The zero-order valence-electron chi connectivity index (χ0n) is 17.1. The first-order chi connectivity index (χ1) is 15.3. The number of aromatic amines is 1. The van der Waals surface area contributed by atoms with Gasteiger partial charge in [-0.2, -0.15) is 13.2 Å². The largest absolute Gasteiger partial charge is 0.417 e. The summed E-state index contributed by atoms with van der Waals surface area (Å²) in [6.07, 6.45) is 0.886. The van der Waals surface area contributed by atoms with Gasteiger partial charge in [-0.05, 0) is 24.8 Å². The fourth-order valence-corrected chi connectivity index (χ4v) is 3.80. The minimum absolute atomic E-state index is 0.0127. The third-order valence-electron chi connectivity index (χ3n) is 5.62. The number of nitrogens with one attached hydrogen (secondary N) is 2. The van der Waals surface area contributed by atoms with Gasteiger partial charge in [0.25, 0.3) is 0 Å². The van der Waals surface area contributed by atoms with E-state index in [1.54, 1.807) is 4.90 Å². The summed E-state index contributed by atoms with van der Waals surface area (Å²) in [5.41, 5.74) is 11.9. The van der Waals surface area contributed by atoms with E-state index in [0.717, 1.165) is 25.1 Å². The highest BCUT2D eigenvalue weighted by Gasteiger charge is 2.31. The lowest BCUT2D eigenvalue weighted by atomic mass is 9.97. The number of piperidine rings is 1. The Morgan fingerprint density at radius 2 is 2.00 bits per heavy atom. The van der Waals surface area contributed by atoms with E-state index < -0.39 is 11.7 Å². The molecule has 3 aromatic heterocycles. The fraction of sp³-hybridized carbons (Fsp3) is 0.400.